The van der Waals surface area contributed by atoms with Gasteiger partial charge in [0.25, 0.3) is 0 Å². The molecule has 23 heavy (non-hydrogen) atoms. The first kappa shape index (κ1) is 15.8. The Hall–Kier alpha value is -2.08. The van der Waals surface area contributed by atoms with Crippen molar-refractivity contribution in [3.05, 3.63) is 53.5 Å². The van der Waals surface area contributed by atoms with E-state index in [1.807, 2.05) is 37.3 Å². The van der Waals surface area contributed by atoms with Gasteiger partial charge in [-0.2, -0.15) is 16.7 Å². The van der Waals surface area contributed by atoms with Crippen molar-refractivity contribution in [1.82, 2.24) is 15.1 Å². The van der Waals surface area contributed by atoms with Crippen LogP contribution in [0.2, 0.25) is 0 Å². The Morgan fingerprint density at radius 1 is 1.17 bits per heavy atom. The van der Waals surface area contributed by atoms with Gasteiger partial charge in [0.1, 0.15) is 5.76 Å². The molecule has 0 aliphatic rings. The Morgan fingerprint density at radius 3 is 2.70 bits per heavy atom. The maximum Gasteiger partial charge on any atom is 0.232 e. The van der Waals surface area contributed by atoms with Gasteiger partial charge in [-0.1, -0.05) is 30.3 Å². The van der Waals surface area contributed by atoms with Gasteiger partial charge in [0, 0.05) is 5.56 Å². The number of oxazole rings is 1. The third-order valence-corrected chi connectivity index (χ3v) is 4.54. The van der Waals surface area contributed by atoms with E-state index in [4.69, 9.17) is 8.94 Å². The summed E-state index contributed by atoms with van der Waals surface area (Å²) < 4.78 is 11.1. The summed E-state index contributed by atoms with van der Waals surface area (Å²) in [7, 11) is 0. The maximum absolute atomic E-state index is 5.76. The summed E-state index contributed by atoms with van der Waals surface area (Å²) in [6.45, 7) is 6.10. The Balaban J connectivity index is 1.77. The second-order valence-electron chi connectivity index (χ2n) is 5.21. The van der Waals surface area contributed by atoms with E-state index >= 15 is 0 Å². The zero-order valence-electron chi connectivity index (χ0n) is 13.4. The molecule has 2 heterocycles. The lowest BCUT2D eigenvalue weighted by Gasteiger charge is -2.01. The van der Waals surface area contributed by atoms with Gasteiger partial charge in [0.2, 0.25) is 11.8 Å². The summed E-state index contributed by atoms with van der Waals surface area (Å²) in [5.41, 5.74) is 1.79. The van der Waals surface area contributed by atoms with Gasteiger partial charge in [-0.15, -0.1) is 0 Å². The minimum atomic E-state index is 0.232. The molecule has 2 aromatic heterocycles. The first-order valence-electron chi connectivity index (χ1n) is 7.63. The highest BCUT2D eigenvalue weighted by molar-refractivity contribution is 7.99. The molecule has 3 rings (SSSR count). The highest BCUT2D eigenvalue weighted by Gasteiger charge is 2.17. The summed E-state index contributed by atoms with van der Waals surface area (Å²) in [6, 6.07) is 9.85. The molecule has 3 aromatic rings. The average molecular weight is 329 g/mol. The van der Waals surface area contributed by atoms with Gasteiger partial charge < -0.3 is 8.94 Å². The number of rotatable bonds is 6. The Morgan fingerprint density at radius 2 is 1.96 bits per heavy atom. The zero-order valence-corrected chi connectivity index (χ0v) is 14.3. The SMILES string of the molecule is CCS[C@H](C)c1noc(Cc2nc(-c3ccccc3)oc2C)n1. The van der Waals surface area contributed by atoms with Crippen molar-refractivity contribution in [3.63, 3.8) is 0 Å². The van der Waals surface area contributed by atoms with E-state index < -0.39 is 0 Å². The number of thioether (sulfide) groups is 1. The largest absolute Gasteiger partial charge is 0.441 e. The van der Waals surface area contributed by atoms with Crippen molar-refractivity contribution in [2.75, 3.05) is 5.75 Å². The second kappa shape index (κ2) is 7.00. The molecule has 0 spiro atoms. The van der Waals surface area contributed by atoms with Gasteiger partial charge in [-0.05, 0) is 31.7 Å². The predicted octanol–water partition coefficient (Wildman–Crippen LogP) is 4.44. The quantitative estimate of drug-likeness (QED) is 0.666. The molecule has 0 unspecified atom stereocenters. The molecule has 5 nitrogen and oxygen atoms in total. The summed E-state index contributed by atoms with van der Waals surface area (Å²) in [5, 5.41) is 4.29. The topological polar surface area (TPSA) is 65.0 Å². The molecule has 0 amide bonds. The monoisotopic (exact) mass is 329 g/mol. The number of aryl methyl sites for hydroxylation is 1. The predicted molar refractivity (Wildman–Crippen MR) is 90.3 cm³/mol. The smallest absolute Gasteiger partial charge is 0.232 e. The van der Waals surface area contributed by atoms with Crippen LogP contribution in [0.3, 0.4) is 0 Å². The van der Waals surface area contributed by atoms with Crippen LogP contribution in [0.1, 0.15) is 42.3 Å². The molecular formula is C17H19N3O2S. The van der Waals surface area contributed by atoms with Gasteiger partial charge in [-0.25, -0.2) is 4.98 Å². The number of nitrogens with zero attached hydrogens (tertiary/aromatic N) is 3. The van der Waals surface area contributed by atoms with E-state index in [9.17, 15) is 0 Å². The van der Waals surface area contributed by atoms with Gasteiger partial charge in [-0.3, -0.25) is 0 Å². The number of hydrogen-bond acceptors (Lipinski definition) is 6. The lowest BCUT2D eigenvalue weighted by Crippen LogP contribution is -1.94. The molecule has 0 bridgehead atoms. The van der Waals surface area contributed by atoms with Crippen LogP contribution in [-0.2, 0) is 6.42 Å². The van der Waals surface area contributed by atoms with E-state index in [1.54, 1.807) is 11.8 Å². The molecule has 0 saturated carbocycles. The number of hydrogen-bond donors (Lipinski definition) is 0. The van der Waals surface area contributed by atoms with Crippen LogP contribution in [0.25, 0.3) is 11.5 Å². The van der Waals surface area contributed by atoms with Gasteiger partial charge in [0.15, 0.2) is 5.82 Å². The third kappa shape index (κ3) is 3.64. The fourth-order valence-corrected chi connectivity index (χ4v) is 3.01. The molecule has 1 aromatic carbocycles. The molecule has 0 saturated heterocycles. The fourth-order valence-electron chi connectivity index (χ4n) is 2.27. The minimum absolute atomic E-state index is 0.232. The number of benzene rings is 1. The highest BCUT2D eigenvalue weighted by atomic mass is 32.2. The summed E-state index contributed by atoms with van der Waals surface area (Å²) in [4.78, 5) is 9.03. The molecule has 120 valence electrons. The van der Waals surface area contributed by atoms with E-state index in [0.717, 1.165) is 28.6 Å². The minimum Gasteiger partial charge on any atom is -0.441 e. The molecular weight excluding hydrogens is 310 g/mol. The van der Waals surface area contributed by atoms with Crippen molar-refractivity contribution < 1.29 is 8.94 Å². The molecule has 0 aliphatic heterocycles. The first-order chi connectivity index (χ1) is 11.2. The van der Waals surface area contributed by atoms with Crippen molar-refractivity contribution in [3.8, 4) is 11.5 Å². The molecule has 1 atom stereocenters. The average Bonchev–Trinajstić information content (AvgIpc) is 3.17. The van der Waals surface area contributed by atoms with Crippen molar-refractivity contribution in [1.29, 1.82) is 0 Å². The van der Waals surface area contributed by atoms with E-state index in [2.05, 4.69) is 29.0 Å². The first-order valence-corrected chi connectivity index (χ1v) is 8.68. The normalized spacial score (nSPS) is 12.5. The van der Waals surface area contributed by atoms with Crippen LogP contribution < -0.4 is 0 Å². The van der Waals surface area contributed by atoms with Crippen molar-refractivity contribution >= 4 is 11.8 Å². The van der Waals surface area contributed by atoms with Crippen molar-refractivity contribution in [2.24, 2.45) is 0 Å². The highest BCUT2D eigenvalue weighted by Crippen LogP contribution is 2.26. The molecule has 6 heteroatoms. The summed E-state index contributed by atoms with van der Waals surface area (Å²) in [5.74, 6) is 3.72. The second-order valence-corrected chi connectivity index (χ2v) is 6.83. The third-order valence-electron chi connectivity index (χ3n) is 3.50. The van der Waals surface area contributed by atoms with Crippen LogP contribution >= 0.6 is 11.8 Å². The summed E-state index contributed by atoms with van der Waals surface area (Å²) in [6.07, 6.45) is 0.485. The molecule has 0 fully saturated rings. The van der Waals surface area contributed by atoms with Crippen molar-refractivity contribution in [2.45, 2.75) is 32.4 Å². The molecule has 0 radical (unpaired) electrons. The van der Waals surface area contributed by atoms with Crippen LogP contribution in [-0.4, -0.2) is 20.9 Å². The zero-order chi connectivity index (χ0) is 16.2. The Labute approximate surface area is 139 Å². The van der Waals surface area contributed by atoms with Gasteiger partial charge in [0.05, 0.1) is 17.4 Å². The molecule has 0 aliphatic carbocycles. The number of aromatic nitrogens is 3. The Bertz CT molecular complexity index is 767. The lowest BCUT2D eigenvalue weighted by molar-refractivity contribution is 0.378. The maximum atomic E-state index is 5.76. The summed E-state index contributed by atoms with van der Waals surface area (Å²) >= 11 is 1.79. The molecule has 0 N–H and O–H groups in total. The van der Waals surface area contributed by atoms with Gasteiger partial charge >= 0.3 is 0 Å². The van der Waals surface area contributed by atoms with Crippen LogP contribution in [0.5, 0.6) is 0 Å². The van der Waals surface area contributed by atoms with Crippen LogP contribution in [0.15, 0.2) is 39.3 Å². The lowest BCUT2D eigenvalue weighted by atomic mass is 10.2. The van der Waals surface area contributed by atoms with Crippen LogP contribution in [0.4, 0.5) is 0 Å². The Kier molecular flexibility index (Phi) is 4.81. The van der Waals surface area contributed by atoms with E-state index in [-0.39, 0.29) is 5.25 Å². The van der Waals surface area contributed by atoms with Crippen LogP contribution in [0, 0.1) is 6.92 Å². The standard InChI is InChI=1S/C17H19N3O2S/c1-4-23-12(3)16-19-15(22-20-16)10-14-11(2)21-17(18-14)13-8-6-5-7-9-13/h5-9,12H,4,10H2,1-3H3/t12-/m1/s1. The van der Waals surface area contributed by atoms with E-state index in [0.29, 0.717) is 18.2 Å². The fraction of sp³-hybridized carbons (Fsp3) is 0.353. The van der Waals surface area contributed by atoms with E-state index in [1.165, 1.54) is 0 Å².